The van der Waals surface area contributed by atoms with Gasteiger partial charge in [0, 0.05) is 20.3 Å². The smallest absolute Gasteiger partial charge is 0.214 e. The number of nitrogens with zero attached hydrogens (tertiary/aromatic N) is 4. The van der Waals surface area contributed by atoms with E-state index in [1.54, 1.807) is 35.9 Å². The lowest BCUT2D eigenvalue weighted by atomic mass is 10.1. The molecule has 0 aliphatic heterocycles. The Morgan fingerprint density at radius 3 is 2.69 bits per heavy atom. The van der Waals surface area contributed by atoms with Gasteiger partial charge in [-0.3, -0.25) is 14.2 Å². The first-order chi connectivity index (χ1) is 7.61. The van der Waals surface area contributed by atoms with Gasteiger partial charge in [0.2, 0.25) is 5.78 Å². The molecule has 2 aromatic rings. The number of hydrogen-bond acceptors (Lipinski definition) is 3. The van der Waals surface area contributed by atoms with Gasteiger partial charge in [0.05, 0.1) is 17.5 Å². The van der Waals surface area contributed by atoms with E-state index in [1.807, 2.05) is 13.0 Å². The maximum Gasteiger partial charge on any atom is 0.214 e. The molecule has 0 spiro atoms. The molecule has 0 aliphatic rings. The Labute approximate surface area is 93.7 Å². The SMILES string of the molecule is CCc1cc(C(=O)c2cnn(C)c2)n(C)n1. The molecule has 0 saturated heterocycles. The van der Waals surface area contributed by atoms with Crippen molar-refractivity contribution in [3.05, 3.63) is 35.4 Å². The molecule has 2 aromatic heterocycles. The lowest BCUT2D eigenvalue weighted by Crippen LogP contribution is -2.07. The molecule has 0 fully saturated rings. The highest BCUT2D eigenvalue weighted by molar-refractivity contribution is 6.07. The highest BCUT2D eigenvalue weighted by atomic mass is 16.1. The van der Waals surface area contributed by atoms with Crippen LogP contribution in [0.4, 0.5) is 0 Å². The Kier molecular flexibility index (Phi) is 2.60. The van der Waals surface area contributed by atoms with Gasteiger partial charge in [-0.05, 0) is 12.5 Å². The molecule has 0 N–H and O–H groups in total. The van der Waals surface area contributed by atoms with Crippen LogP contribution < -0.4 is 0 Å². The number of aromatic nitrogens is 4. The molecule has 5 heteroatoms. The van der Waals surface area contributed by atoms with Gasteiger partial charge >= 0.3 is 0 Å². The molecular formula is C11H14N4O. The van der Waals surface area contributed by atoms with Crippen LogP contribution in [0.5, 0.6) is 0 Å². The lowest BCUT2D eigenvalue weighted by molar-refractivity contribution is 0.103. The van der Waals surface area contributed by atoms with Crippen LogP contribution in [0.25, 0.3) is 0 Å². The maximum absolute atomic E-state index is 12.1. The van der Waals surface area contributed by atoms with Crippen molar-refractivity contribution in [3.8, 4) is 0 Å². The molecule has 0 amide bonds. The maximum atomic E-state index is 12.1. The minimum Gasteiger partial charge on any atom is -0.287 e. The van der Waals surface area contributed by atoms with E-state index in [0.717, 1.165) is 12.1 Å². The molecule has 0 aromatic carbocycles. The van der Waals surface area contributed by atoms with Gasteiger partial charge in [0.1, 0.15) is 5.69 Å². The zero-order chi connectivity index (χ0) is 11.7. The molecule has 0 saturated carbocycles. The average molecular weight is 218 g/mol. The molecule has 0 atom stereocenters. The molecule has 0 unspecified atom stereocenters. The molecule has 0 aliphatic carbocycles. The van der Waals surface area contributed by atoms with Crippen molar-refractivity contribution in [2.75, 3.05) is 0 Å². The van der Waals surface area contributed by atoms with Crippen molar-refractivity contribution in [1.82, 2.24) is 19.6 Å². The molecular weight excluding hydrogens is 204 g/mol. The predicted octanol–water partition coefficient (Wildman–Crippen LogP) is 0.947. The van der Waals surface area contributed by atoms with Gasteiger partial charge in [-0.1, -0.05) is 6.92 Å². The first-order valence-electron chi connectivity index (χ1n) is 5.18. The summed E-state index contributed by atoms with van der Waals surface area (Å²) in [5, 5.41) is 8.24. The van der Waals surface area contributed by atoms with Crippen LogP contribution in [-0.4, -0.2) is 25.3 Å². The predicted molar refractivity (Wildman–Crippen MR) is 59.2 cm³/mol. The van der Waals surface area contributed by atoms with E-state index >= 15 is 0 Å². The largest absolute Gasteiger partial charge is 0.287 e. The van der Waals surface area contributed by atoms with Crippen LogP contribution >= 0.6 is 0 Å². The Balaban J connectivity index is 2.37. The topological polar surface area (TPSA) is 52.7 Å². The first-order valence-corrected chi connectivity index (χ1v) is 5.18. The summed E-state index contributed by atoms with van der Waals surface area (Å²) in [5.41, 5.74) is 2.12. The van der Waals surface area contributed by atoms with E-state index in [4.69, 9.17) is 0 Å². The number of rotatable bonds is 3. The normalized spacial score (nSPS) is 10.7. The van der Waals surface area contributed by atoms with Gasteiger partial charge < -0.3 is 0 Å². The third-order valence-electron chi connectivity index (χ3n) is 2.49. The van der Waals surface area contributed by atoms with Crippen LogP contribution in [-0.2, 0) is 20.5 Å². The number of ketones is 1. The second-order valence-corrected chi connectivity index (χ2v) is 3.73. The van der Waals surface area contributed by atoms with Crippen molar-refractivity contribution in [1.29, 1.82) is 0 Å². The second kappa shape index (κ2) is 3.92. The summed E-state index contributed by atoms with van der Waals surface area (Å²) >= 11 is 0. The zero-order valence-corrected chi connectivity index (χ0v) is 9.64. The Morgan fingerprint density at radius 2 is 2.19 bits per heavy atom. The third kappa shape index (κ3) is 1.76. The van der Waals surface area contributed by atoms with Gasteiger partial charge in [-0.2, -0.15) is 10.2 Å². The number of carbonyl (C=O) groups is 1. The van der Waals surface area contributed by atoms with Gasteiger partial charge in [-0.15, -0.1) is 0 Å². The third-order valence-corrected chi connectivity index (χ3v) is 2.49. The van der Waals surface area contributed by atoms with E-state index in [-0.39, 0.29) is 5.78 Å². The molecule has 84 valence electrons. The monoisotopic (exact) mass is 218 g/mol. The minimum absolute atomic E-state index is 0.0391. The quantitative estimate of drug-likeness (QED) is 0.721. The number of carbonyl (C=O) groups excluding carboxylic acids is 1. The summed E-state index contributed by atoms with van der Waals surface area (Å²) in [5.74, 6) is -0.0391. The highest BCUT2D eigenvalue weighted by Gasteiger charge is 2.15. The van der Waals surface area contributed by atoms with Crippen molar-refractivity contribution in [2.24, 2.45) is 14.1 Å². The average Bonchev–Trinajstić information content (AvgIpc) is 2.83. The van der Waals surface area contributed by atoms with Crippen LogP contribution in [0.3, 0.4) is 0 Å². The molecule has 16 heavy (non-hydrogen) atoms. The van der Waals surface area contributed by atoms with Crippen molar-refractivity contribution in [2.45, 2.75) is 13.3 Å². The molecule has 0 radical (unpaired) electrons. The number of hydrogen-bond donors (Lipinski definition) is 0. The van der Waals surface area contributed by atoms with Gasteiger partial charge in [-0.25, -0.2) is 0 Å². The standard InChI is InChI=1S/C11H14N4O/c1-4-9-5-10(15(3)13-9)11(16)8-6-12-14(2)7-8/h5-7H,4H2,1-3H3. The second-order valence-electron chi connectivity index (χ2n) is 3.73. The zero-order valence-electron chi connectivity index (χ0n) is 9.64. The Hall–Kier alpha value is -1.91. The fraction of sp³-hybridized carbons (Fsp3) is 0.364. The summed E-state index contributed by atoms with van der Waals surface area (Å²) < 4.78 is 3.23. The summed E-state index contributed by atoms with van der Waals surface area (Å²) in [6.45, 7) is 2.01. The first kappa shape index (κ1) is 10.6. The molecule has 2 rings (SSSR count). The van der Waals surface area contributed by atoms with Crippen LogP contribution in [0.2, 0.25) is 0 Å². The van der Waals surface area contributed by atoms with Gasteiger partial charge in [0.15, 0.2) is 0 Å². The van der Waals surface area contributed by atoms with Crippen molar-refractivity contribution >= 4 is 5.78 Å². The fourth-order valence-corrected chi connectivity index (χ4v) is 1.60. The Morgan fingerprint density at radius 1 is 1.44 bits per heavy atom. The van der Waals surface area contributed by atoms with Crippen LogP contribution in [0.1, 0.15) is 28.7 Å². The minimum atomic E-state index is -0.0391. The summed E-state index contributed by atoms with van der Waals surface area (Å²) in [6.07, 6.45) is 4.11. The van der Waals surface area contributed by atoms with Crippen LogP contribution in [0.15, 0.2) is 18.5 Å². The van der Waals surface area contributed by atoms with Gasteiger partial charge in [0.25, 0.3) is 0 Å². The van der Waals surface area contributed by atoms with E-state index in [1.165, 1.54) is 0 Å². The fourth-order valence-electron chi connectivity index (χ4n) is 1.60. The van der Waals surface area contributed by atoms with Crippen molar-refractivity contribution in [3.63, 3.8) is 0 Å². The van der Waals surface area contributed by atoms with E-state index < -0.39 is 0 Å². The lowest BCUT2D eigenvalue weighted by Gasteiger charge is -1.97. The summed E-state index contributed by atoms with van der Waals surface area (Å²) in [7, 11) is 3.57. The number of aryl methyl sites for hydroxylation is 3. The molecule has 2 heterocycles. The highest BCUT2D eigenvalue weighted by Crippen LogP contribution is 2.10. The van der Waals surface area contributed by atoms with Crippen LogP contribution in [0, 0.1) is 0 Å². The molecule has 0 bridgehead atoms. The molecule has 5 nitrogen and oxygen atoms in total. The summed E-state index contributed by atoms with van der Waals surface area (Å²) in [4.78, 5) is 12.1. The van der Waals surface area contributed by atoms with E-state index in [9.17, 15) is 4.79 Å². The van der Waals surface area contributed by atoms with Crippen molar-refractivity contribution < 1.29 is 4.79 Å². The summed E-state index contributed by atoms with van der Waals surface area (Å²) in [6, 6.07) is 1.83. The Bertz CT molecular complexity index is 524. The van der Waals surface area contributed by atoms with E-state index in [0.29, 0.717) is 11.3 Å². The van der Waals surface area contributed by atoms with E-state index in [2.05, 4.69) is 10.2 Å².